The molecule has 5 heteroatoms. The summed E-state index contributed by atoms with van der Waals surface area (Å²) < 4.78 is 11.1. The second-order valence-electron chi connectivity index (χ2n) is 6.22. The number of hydrogen-bond acceptors (Lipinski definition) is 5. The van der Waals surface area contributed by atoms with E-state index in [9.17, 15) is 4.79 Å². The molecule has 0 spiro atoms. The second-order valence-corrected chi connectivity index (χ2v) is 6.22. The summed E-state index contributed by atoms with van der Waals surface area (Å²) in [4.78, 5) is 13.6. The third-order valence-corrected chi connectivity index (χ3v) is 3.79. The smallest absolute Gasteiger partial charge is 0.144 e. The van der Waals surface area contributed by atoms with Crippen molar-refractivity contribution in [3.8, 4) is 5.75 Å². The Hall–Kier alpha value is -2.43. The number of nitrogen functional groups attached to an aromatic ring is 1. The van der Waals surface area contributed by atoms with Crippen LogP contribution in [0.5, 0.6) is 5.75 Å². The average molecular weight is 346 g/mol. The van der Waals surface area contributed by atoms with Crippen LogP contribution in [0, 0.1) is 0 Å². The van der Waals surface area contributed by atoms with Crippen molar-refractivity contribution in [3.63, 3.8) is 0 Å². The van der Waals surface area contributed by atoms with Gasteiger partial charge < -0.3 is 20.1 Å². The predicted octanol–water partition coefficient (Wildman–Crippen LogP) is 3.73. The lowest BCUT2D eigenvalue weighted by Crippen LogP contribution is -2.25. The number of ketones is 1. The van der Waals surface area contributed by atoms with Crippen molar-refractivity contribution in [2.45, 2.75) is 33.6 Å². The van der Waals surface area contributed by atoms with Gasteiger partial charge >= 0.3 is 0 Å². The first kappa shape index (κ1) is 20.6. The highest BCUT2D eigenvalue weighted by Crippen LogP contribution is 2.33. The summed E-state index contributed by atoms with van der Waals surface area (Å²) in [6.45, 7) is 15.3. The predicted molar refractivity (Wildman–Crippen MR) is 104 cm³/mol. The van der Waals surface area contributed by atoms with Gasteiger partial charge in [-0.2, -0.15) is 0 Å². The van der Waals surface area contributed by atoms with Crippen LogP contribution in [0.25, 0.3) is 0 Å². The van der Waals surface area contributed by atoms with E-state index in [2.05, 4.69) is 25.0 Å². The quantitative estimate of drug-likeness (QED) is 0.376. The summed E-state index contributed by atoms with van der Waals surface area (Å²) in [6.07, 6.45) is 1.01. The molecule has 0 aliphatic carbocycles. The Balaban J connectivity index is 2.94. The molecule has 0 fully saturated rings. The number of ether oxygens (including phenoxy) is 2. The maximum Gasteiger partial charge on any atom is 0.144 e. The van der Waals surface area contributed by atoms with E-state index in [1.54, 1.807) is 20.1 Å². The molecular weight excluding hydrogens is 316 g/mol. The van der Waals surface area contributed by atoms with Crippen molar-refractivity contribution in [2.24, 2.45) is 0 Å². The van der Waals surface area contributed by atoms with Gasteiger partial charge in [-0.25, -0.2) is 0 Å². The van der Waals surface area contributed by atoms with E-state index >= 15 is 0 Å². The summed E-state index contributed by atoms with van der Waals surface area (Å²) >= 11 is 0. The minimum absolute atomic E-state index is 0.0763. The molecule has 1 rings (SSSR count). The Bertz CT molecular complexity index is 638. The van der Waals surface area contributed by atoms with E-state index in [0.29, 0.717) is 30.9 Å². The van der Waals surface area contributed by atoms with Crippen molar-refractivity contribution < 1.29 is 14.3 Å². The average Bonchev–Trinajstić information content (AvgIpc) is 2.55. The molecule has 1 aromatic rings. The van der Waals surface area contributed by atoms with Gasteiger partial charge in [0.05, 0.1) is 18.6 Å². The number of nitrogens with two attached hydrogens (primary N) is 1. The van der Waals surface area contributed by atoms with Gasteiger partial charge in [0.1, 0.15) is 18.1 Å². The van der Waals surface area contributed by atoms with E-state index in [-0.39, 0.29) is 5.78 Å². The Morgan fingerprint density at radius 3 is 2.48 bits per heavy atom. The molecule has 0 atom stereocenters. The molecule has 0 saturated heterocycles. The van der Waals surface area contributed by atoms with Gasteiger partial charge in [0.15, 0.2) is 0 Å². The number of methoxy groups -OCH3 is 1. The lowest BCUT2D eigenvalue weighted by Gasteiger charge is -2.26. The summed E-state index contributed by atoms with van der Waals surface area (Å²) in [7, 11) is 1.62. The van der Waals surface area contributed by atoms with Crippen LogP contribution >= 0.6 is 0 Å². The summed E-state index contributed by atoms with van der Waals surface area (Å²) in [6, 6.07) is 3.72. The van der Waals surface area contributed by atoms with E-state index in [0.717, 1.165) is 35.7 Å². The van der Waals surface area contributed by atoms with Gasteiger partial charge in [-0.3, -0.25) is 4.79 Å². The first-order valence-electron chi connectivity index (χ1n) is 8.44. The highest BCUT2D eigenvalue weighted by atomic mass is 16.5. The highest BCUT2D eigenvalue weighted by molar-refractivity contribution is 5.81. The minimum Gasteiger partial charge on any atom is -0.495 e. The molecule has 0 saturated carbocycles. The fourth-order valence-corrected chi connectivity index (χ4v) is 2.47. The molecule has 0 aliphatic rings. The fourth-order valence-electron chi connectivity index (χ4n) is 2.47. The van der Waals surface area contributed by atoms with Crippen LogP contribution in [0.2, 0.25) is 0 Å². The van der Waals surface area contributed by atoms with Crippen molar-refractivity contribution in [3.05, 3.63) is 42.2 Å². The van der Waals surface area contributed by atoms with E-state index in [4.69, 9.17) is 15.2 Å². The monoisotopic (exact) mass is 346 g/mol. The topological polar surface area (TPSA) is 64.8 Å². The van der Waals surface area contributed by atoms with Crippen molar-refractivity contribution >= 4 is 17.2 Å². The zero-order valence-corrected chi connectivity index (χ0v) is 15.9. The van der Waals surface area contributed by atoms with E-state index < -0.39 is 0 Å². The molecule has 2 N–H and O–H groups in total. The van der Waals surface area contributed by atoms with Crippen molar-refractivity contribution in [1.29, 1.82) is 0 Å². The van der Waals surface area contributed by atoms with E-state index in [1.807, 2.05) is 13.0 Å². The molecule has 25 heavy (non-hydrogen) atoms. The summed E-state index contributed by atoms with van der Waals surface area (Å²) in [5.74, 6) is 1.49. The Morgan fingerprint density at radius 1 is 1.28 bits per heavy atom. The maximum absolute atomic E-state index is 11.5. The lowest BCUT2D eigenvalue weighted by atomic mass is 10.0. The zero-order chi connectivity index (χ0) is 19.0. The molecule has 0 aliphatic heterocycles. The van der Waals surface area contributed by atoms with Crippen LogP contribution < -0.4 is 15.4 Å². The SMILES string of the molecule is C=C(C)COC(=C)CCN(CC)c1cc(CC(C)=O)c(N)cc1OC. The minimum atomic E-state index is 0.0763. The number of carbonyl (C=O) groups is 1. The fraction of sp³-hybridized carbons (Fsp3) is 0.450. The van der Waals surface area contributed by atoms with Crippen LogP contribution in [0.4, 0.5) is 11.4 Å². The van der Waals surface area contributed by atoms with Gasteiger partial charge in [0.25, 0.3) is 0 Å². The summed E-state index contributed by atoms with van der Waals surface area (Å²) in [5.41, 5.74) is 9.32. The van der Waals surface area contributed by atoms with Gasteiger partial charge in [-0.05, 0) is 38.0 Å². The molecule has 1 aromatic carbocycles. The Kier molecular flexibility index (Phi) is 8.05. The Morgan fingerprint density at radius 2 is 1.96 bits per heavy atom. The number of Topliss-reactive ketones (excluding diaryl/α,β-unsaturated/α-hetero) is 1. The van der Waals surface area contributed by atoms with Crippen LogP contribution in [0.15, 0.2) is 36.6 Å². The molecule has 0 radical (unpaired) electrons. The van der Waals surface area contributed by atoms with Gasteiger partial charge in [-0.1, -0.05) is 13.2 Å². The van der Waals surface area contributed by atoms with Gasteiger partial charge in [0.2, 0.25) is 0 Å². The van der Waals surface area contributed by atoms with Crippen LogP contribution in [0.1, 0.15) is 32.8 Å². The third-order valence-electron chi connectivity index (χ3n) is 3.79. The lowest BCUT2D eigenvalue weighted by molar-refractivity contribution is -0.116. The highest BCUT2D eigenvalue weighted by Gasteiger charge is 2.15. The normalized spacial score (nSPS) is 10.2. The van der Waals surface area contributed by atoms with Crippen LogP contribution in [-0.2, 0) is 16.0 Å². The first-order chi connectivity index (χ1) is 11.8. The molecule has 138 valence electrons. The maximum atomic E-state index is 11.5. The first-order valence-corrected chi connectivity index (χ1v) is 8.44. The number of benzene rings is 1. The Labute approximate surface area is 151 Å². The van der Waals surface area contributed by atoms with Crippen molar-refractivity contribution in [2.75, 3.05) is 37.4 Å². The van der Waals surface area contributed by atoms with Crippen molar-refractivity contribution in [1.82, 2.24) is 0 Å². The molecule has 5 nitrogen and oxygen atoms in total. The number of rotatable bonds is 11. The molecule has 0 amide bonds. The van der Waals surface area contributed by atoms with Crippen LogP contribution in [0.3, 0.4) is 0 Å². The summed E-state index contributed by atoms with van der Waals surface area (Å²) in [5, 5.41) is 0. The zero-order valence-electron chi connectivity index (χ0n) is 15.9. The van der Waals surface area contributed by atoms with Gasteiger partial charge in [-0.15, -0.1) is 0 Å². The third kappa shape index (κ3) is 6.53. The largest absolute Gasteiger partial charge is 0.495 e. The van der Waals surface area contributed by atoms with Gasteiger partial charge in [0, 0.05) is 37.7 Å². The number of anilines is 2. The van der Waals surface area contributed by atoms with Crippen LogP contribution in [-0.4, -0.2) is 32.6 Å². The molecule has 0 heterocycles. The van der Waals surface area contributed by atoms with E-state index in [1.165, 1.54) is 0 Å². The number of hydrogen-bond donors (Lipinski definition) is 1. The number of nitrogens with zero attached hydrogens (tertiary/aromatic N) is 1. The molecular formula is C20H30N2O3. The number of carbonyl (C=O) groups excluding carboxylic acids is 1. The molecule has 0 bridgehead atoms. The second kappa shape index (κ2) is 9.77. The molecule has 0 unspecified atom stereocenters. The molecule has 0 aromatic heterocycles. The standard InChI is InChI=1S/C20H30N2O3/c1-7-22(9-8-16(5)25-13-14(2)3)19-11-17(10-15(4)23)18(21)12-20(19)24-6/h11-12H,2,5,7-10,13,21H2,1,3-4,6H3.